The highest BCUT2D eigenvalue weighted by Crippen LogP contribution is 2.29. The highest BCUT2D eigenvalue weighted by molar-refractivity contribution is 7.92. The summed E-state index contributed by atoms with van der Waals surface area (Å²) in [6.07, 6.45) is 0. The lowest BCUT2D eigenvalue weighted by Gasteiger charge is -2.11. The molecule has 10 heteroatoms. The van der Waals surface area contributed by atoms with Crippen LogP contribution in [0, 0.1) is 30.4 Å². The lowest BCUT2D eigenvalue weighted by molar-refractivity contribution is 0.578. The van der Waals surface area contributed by atoms with E-state index in [1.165, 1.54) is 18.2 Å². The van der Waals surface area contributed by atoms with Gasteiger partial charge < -0.3 is 5.73 Å². The third-order valence-corrected chi connectivity index (χ3v) is 6.03. The lowest BCUT2D eigenvalue weighted by atomic mass is 10.1. The molecule has 5 nitrogen and oxygen atoms in total. The summed E-state index contributed by atoms with van der Waals surface area (Å²) in [6.45, 7) is 1.65. The fraction of sp³-hybridized carbons (Fsp3) is 0.0500. The molecule has 0 aliphatic heterocycles. The van der Waals surface area contributed by atoms with Gasteiger partial charge in [0.25, 0.3) is 10.0 Å². The van der Waals surface area contributed by atoms with Crippen molar-refractivity contribution in [2.75, 3.05) is 10.5 Å². The van der Waals surface area contributed by atoms with Crippen LogP contribution >= 0.6 is 23.2 Å². The normalized spacial score (nSPS) is 11.0. The smallest absolute Gasteiger partial charge is 0.263 e. The average molecular weight is 468 g/mol. The molecular formula is C20H13Cl2F2N3O2S. The van der Waals surface area contributed by atoms with Crippen LogP contribution in [-0.4, -0.2) is 13.4 Å². The van der Waals surface area contributed by atoms with Gasteiger partial charge in [-0.2, -0.15) is 0 Å². The van der Waals surface area contributed by atoms with Crippen LogP contribution < -0.4 is 10.5 Å². The van der Waals surface area contributed by atoms with Crippen molar-refractivity contribution in [3.63, 3.8) is 0 Å². The summed E-state index contributed by atoms with van der Waals surface area (Å²) in [7, 11) is -4.30. The number of benzene rings is 2. The number of hydrogen-bond acceptors (Lipinski definition) is 4. The zero-order chi connectivity index (χ0) is 22.1. The Bertz CT molecular complexity index is 1320. The molecule has 0 saturated heterocycles. The number of rotatable bonds is 3. The van der Waals surface area contributed by atoms with Crippen LogP contribution in [0.5, 0.6) is 0 Å². The van der Waals surface area contributed by atoms with Crippen LogP contribution in [-0.2, 0) is 10.0 Å². The summed E-state index contributed by atoms with van der Waals surface area (Å²) in [5, 5.41) is 0.0131. The van der Waals surface area contributed by atoms with Crippen LogP contribution in [0.15, 0.2) is 47.4 Å². The van der Waals surface area contributed by atoms with Crippen LogP contribution in [0.1, 0.15) is 16.8 Å². The number of hydrogen-bond donors (Lipinski definition) is 2. The molecule has 3 aromatic rings. The number of nitrogens with one attached hydrogen (secondary N) is 1. The van der Waals surface area contributed by atoms with E-state index in [0.29, 0.717) is 11.3 Å². The molecule has 3 N–H and O–H groups in total. The second kappa shape index (κ2) is 8.48. The van der Waals surface area contributed by atoms with E-state index in [-0.39, 0.29) is 20.8 Å². The summed E-state index contributed by atoms with van der Waals surface area (Å²) in [4.78, 5) is 3.67. The summed E-state index contributed by atoms with van der Waals surface area (Å²) in [6, 6.07) is 8.73. The Morgan fingerprint density at radius 3 is 2.50 bits per heavy atom. The number of pyridine rings is 1. The van der Waals surface area contributed by atoms with Crippen molar-refractivity contribution in [3.8, 4) is 11.8 Å². The van der Waals surface area contributed by atoms with Gasteiger partial charge in [0.1, 0.15) is 16.5 Å². The minimum Gasteiger partial charge on any atom is -0.384 e. The molecule has 0 aliphatic carbocycles. The van der Waals surface area contributed by atoms with Crippen molar-refractivity contribution in [2.45, 2.75) is 11.8 Å². The molecule has 0 aliphatic rings. The molecule has 1 heterocycles. The zero-order valence-electron chi connectivity index (χ0n) is 15.3. The summed E-state index contributed by atoms with van der Waals surface area (Å²) < 4.78 is 56.3. The van der Waals surface area contributed by atoms with Gasteiger partial charge in [-0.05, 0) is 49.4 Å². The van der Waals surface area contributed by atoms with Crippen molar-refractivity contribution in [2.24, 2.45) is 0 Å². The molecule has 154 valence electrons. The van der Waals surface area contributed by atoms with Gasteiger partial charge in [-0.3, -0.25) is 4.72 Å². The molecule has 0 radical (unpaired) electrons. The number of halogens is 4. The maximum absolute atomic E-state index is 14.9. The number of nitrogens with two attached hydrogens (primary N) is 1. The third-order valence-electron chi connectivity index (χ3n) is 3.95. The Kier molecular flexibility index (Phi) is 6.17. The van der Waals surface area contributed by atoms with Gasteiger partial charge in [0, 0.05) is 10.6 Å². The number of aromatic nitrogens is 1. The maximum atomic E-state index is 14.9. The molecule has 3 rings (SSSR count). The molecule has 2 aromatic carbocycles. The van der Waals surface area contributed by atoms with E-state index < -0.39 is 32.9 Å². The monoisotopic (exact) mass is 467 g/mol. The van der Waals surface area contributed by atoms with E-state index in [9.17, 15) is 17.2 Å². The number of anilines is 2. The van der Waals surface area contributed by atoms with Gasteiger partial charge in [0.05, 0.1) is 22.0 Å². The topological polar surface area (TPSA) is 85.1 Å². The van der Waals surface area contributed by atoms with Gasteiger partial charge in [0.2, 0.25) is 0 Å². The number of sulfonamides is 1. The van der Waals surface area contributed by atoms with E-state index in [1.54, 1.807) is 13.0 Å². The molecule has 0 bridgehead atoms. The van der Waals surface area contributed by atoms with E-state index >= 15 is 0 Å². The van der Waals surface area contributed by atoms with E-state index in [2.05, 4.69) is 16.8 Å². The number of nitrogens with zero attached hydrogens (tertiary/aromatic N) is 1. The Balaban J connectivity index is 2.01. The molecule has 0 spiro atoms. The zero-order valence-corrected chi connectivity index (χ0v) is 17.6. The fourth-order valence-corrected chi connectivity index (χ4v) is 4.29. The van der Waals surface area contributed by atoms with Gasteiger partial charge in [0.15, 0.2) is 5.82 Å². The Hall–Kier alpha value is -2.86. The molecule has 0 fully saturated rings. The van der Waals surface area contributed by atoms with Crippen LogP contribution in [0.4, 0.5) is 20.3 Å². The van der Waals surface area contributed by atoms with Crippen molar-refractivity contribution in [1.82, 2.24) is 4.98 Å². The number of aryl methyl sites for hydroxylation is 1. The molecule has 0 amide bonds. The summed E-state index contributed by atoms with van der Waals surface area (Å²) in [5.41, 5.74) is 5.36. The summed E-state index contributed by atoms with van der Waals surface area (Å²) >= 11 is 11.7. The van der Waals surface area contributed by atoms with E-state index in [0.717, 1.165) is 18.2 Å². The fourth-order valence-electron chi connectivity index (χ4n) is 2.47. The highest BCUT2D eigenvalue weighted by atomic mass is 35.5. The van der Waals surface area contributed by atoms with Crippen LogP contribution in [0.25, 0.3) is 0 Å². The van der Waals surface area contributed by atoms with Crippen LogP contribution in [0.2, 0.25) is 10.0 Å². The van der Waals surface area contributed by atoms with E-state index in [4.69, 9.17) is 28.9 Å². The average Bonchev–Trinajstić information content (AvgIpc) is 2.67. The lowest BCUT2D eigenvalue weighted by Crippen LogP contribution is -2.15. The number of nitrogen functional groups attached to an aromatic ring is 1. The highest BCUT2D eigenvalue weighted by Gasteiger charge is 2.22. The quantitative estimate of drug-likeness (QED) is 0.543. The van der Waals surface area contributed by atoms with Gasteiger partial charge in [-0.15, -0.1) is 0 Å². The van der Waals surface area contributed by atoms with Gasteiger partial charge in [-0.1, -0.05) is 35.0 Å². The largest absolute Gasteiger partial charge is 0.384 e. The predicted molar refractivity (Wildman–Crippen MR) is 113 cm³/mol. The minimum absolute atomic E-state index is 0.110. The SMILES string of the molecule is Cc1nc(N)ccc1C#Cc1c(F)ccc(NS(=O)(=O)c2cc(Cl)ccc2Cl)c1F. The Morgan fingerprint density at radius 2 is 1.80 bits per heavy atom. The molecule has 30 heavy (non-hydrogen) atoms. The molecule has 1 aromatic heterocycles. The van der Waals surface area contributed by atoms with Gasteiger partial charge in [-0.25, -0.2) is 22.2 Å². The summed E-state index contributed by atoms with van der Waals surface area (Å²) in [5.74, 6) is 3.15. The first-order valence-electron chi connectivity index (χ1n) is 8.29. The Labute approximate surface area is 181 Å². The first-order chi connectivity index (χ1) is 14.1. The standard InChI is InChI=1S/C20H13Cl2F2N3O2S/c1-11-12(3-9-19(25)26-11)2-5-14-16(23)7-8-17(20(14)24)27-30(28,29)18-10-13(21)4-6-15(18)22/h3-4,6-10,27H,1H3,(H2,25,26). The Morgan fingerprint density at radius 1 is 1.07 bits per heavy atom. The van der Waals surface area contributed by atoms with Crippen LogP contribution in [0.3, 0.4) is 0 Å². The third kappa shape index (κ3) is 4.65. The van der Waals surface area contributed by atoms with Gasteiger partial charge >= 0.3 is 0 Å². The molecule has 0 saturated carbocycles. The minimum atomic E-state index is -4.30. The second-order valence-corrected chi connectivity index (χ2v) is 8.58. The first kappa shape index (κ1) is 21.8. The molecule has 0 atom stereocenters. The van der Waals surface area contributed by atoms with Crippen molar-refractivity contribution in [3.05, 3.63) is 81.0 Å². The molecule has 0 unspecified atom stereocenters. The molecular weight excluding hydrogens is 455 g/mol. The van der Waals surface area contributed by atoms with Crippen molar-refractivity contribution in [1.29, 1.82) is 0 Å². The second-order valence-electron chi connectivity index (χ2n) is 6.08. The first-order valence-corrected chi connectivity index (χ1v) is 10.5. The van der Waals surface area contributed by atoms with Crippen molar-refractivity contribution < 1.29 is 17.2 Å². The van der Waals surface area contributed by atoms with Crippen molar-refractivity contribution >= 4 is 44.7 Å². The predicted octanol–water partition coefficient (Wildman–Crippen LogP) is 4.76. The maximum Gasteiger partial charge on any atom is 0.263 e. The van der Waals surface area contributed by atoms with E-state index in [1.807, 2.05) is 4.72 Å².